The highest BCUT2D eigenvalue weighted by Gasteiger charge is 2.16. The summed E-state index contributed by atoms with van der Waals surface area (Å²) in [5, 5.41) is 4.81. The van der Waals surface area contributed by atoms with Gasteiger partial charge in [-0.2, -0.15) is 8.78 Å². The molecule has 4 aromatic rings. The highest BCUT2D eigenvalue weighted by molar-refractivity contribution is 7.17. The van der Waals surface area contributed by atoms with Crippen LogP contribution in [-0.4, -0.2) is 22.1 Å². The van der Waals surface area contributed by atoms with E-state index in [1.54, 1.807) is 6.07 Å². The number of carbonyl (C=O) groups excluding carboxylic acids is 1. The molecular formula is C22H17F2N3O3S. The first-order chi connectivity index (χ1) is 14.9. The first-order valence-corrected chi connectivity index (χ1v) is 10.2. The van der Waals surface area contributed by atoms with Crippen LogP contribution in [0.15, 0.2) is 65.0 Å². The number of ether oxygens (including phenoxy) is 1. The predicted octanol–water partition coefficient (Wildman–Crippen LogP) is 4.67. The maximum Gasteiger partial charge on any atom is 0.387 e. The molecule has 0 fully saturated rings. The van der Waals surface area contributed by atoms with Gasteiger partial charge < -0.3 is 10.1 Å². The summed E-state index contributed by atoms with van der Waals surface area (Å²) in [6.07, 6.45) is 1.31. The molecule has 0 unspecified atom stereocenters. The van der Waals surface area contributed by atoms with Gasteiger partial charge in [0.1, 0.15) is 17.1 Å². The van der Waals surface area contributed by atoms with E-state index in [4.69, 9.17) is 0 Å². The van der Waals surface area contributed by atoms with Gasteiger partial charge in [-0.3, -0.25) is 14.2 Å². The van der Waals surface area contributed by atoms with E-state index in [2.05, 4.69) is 15.0 Å². The van der Waals surface area contributed by atoms with E-state index in [-0.39, 0.29) is 23.5 Å². The number of para-hydroxylation sites is 2. The zero-order valence-electron chi connectivity index (χ0n) is 16.3. The smallest absolute Gasteiger partial charge is 0.387 e. The third kappa shape index (κ3) is 4.46. The highest BCUT2D eigenvalue weighted by Crippen LogP contribution is 2.31. The van der Waals surface area contributed by atoms with Crippen molar-refractivity contribution in [2.24, 2.45) is 0 Å². The number of nitrogens with one attached hydrogen (secondary N) is 1. The van der Waals surface area contributed by atoms with Gasteiger partial charge in [0.2, 0.25) is 5.91 Å². The van der Waals surface area contributed by atoms with Crippen LogP contribution in [0.1, 0.15) is 5.56 Å². The van der Waals surface area contributed by atoms with E-state index < -0.39 is 12.5 Å². The second-order valence-corrected chi connectivity index (χ2v) is 7.65. The second kappa shape index (κ2) is 8.65. The molecule has 0 bridgehead atoms. The Morgan fingerprint density at radius 2 is 1.94 bits per heavy atom. The Hall–Kier alpha value is -3.59. The van der Waals surface area contributed by atoms with E-state index in [0.29, 0.717) is 10.2 Å². The monoisotopic (exact) mass is 441 g/mol. The molecule has 0 atom stereocenters. The van der Waals surface area contributed by atoms with Gasteiger partial charge in [-0.1, -0.05) is 42.0 Å². The lowest BCUT2D eigenvalue weighted by atomic mass is 10.1. The summed E-state index contributed by atoms with van der Waals surface area (Å²) < 4.78 is 30.7. The number of benzene rings is 2. The van der Waals surface area contributed by atoms with Crippen LogP contribution in [0.4, 0.5) is 14.5 Å². The minimum absolute atomic E-state index is 0.0887. The molecule has 0 aliphatic carbocycles. The minimum atomic E-state index is -3.02. The van der Waals surface area contributed by atoms with Crippen LogP contribution in [0, 0.1) is 6.92 Å². The van der Waals surface area contributed by atoms with Crippen molar-refractivity contribution in [2.45, 2.75) is 20.1 Å². The summed E-state index contributed by atoms with van der Waals surface area (Å²) in [4.78, 5) is 30.5. The molecule has 6 nitrogen and oxygen atoms in total. The molecule has 158 valence electrons. The normalized spacial score (nSPS) is 11.1. The number of hydrogen-bond donors (Lipinski definition) is 1. The molecular weight excluding hydrogens is 424 g/mol. The minimum Gasteiger partial charge on any atom is -0.433 e. The van der Waals surface area contributed by atoms with Crippen molar-refractivity contribution in [3.63, 3.8) is 0 Å². The van der Waals surface area contributed by atoms with Crippen LogP contribution < -0.4 is 15.6 Å². The van der Waals surface area contributed by atoms with Gasteiger partial charge >= 0.3 is 6.61 Å². The zero-order chi connectivity index (χ0) is 22.0. The Bertz CT molecular complexity index is 1300. The SMILES string of the molecule is Cc1ccc(-c2csc3ncn(CC(=O)Nc4ccccc4OC(F)F)c(=O)c23)cc1. The van der Waals surface area contributed by atoms with Gasteiger partial charge in [0.05, 0.1) is 17.4 Å². The molecule has 0 saturated heterocycles. The van der Waals surface area contributed by atoms with Gasteiger partial charge in [-0.25, -0.2) is 4.98 Å². The molecule has 2 aromatic carbocycles. The molecule has 1 N–H and O–H groups in total. The third-order valence-corrected chi connectivity index (χ3v) is 5.50. The maximum absolute atomic E-state index is 13.1. The number of nitrogens with zero attached hydrogens (tertiary/aromatic N) is 2. The highest BCUT2D eigenvalue weighted by atomic mass is 32.1. The van der Waals surface area contributed by atoms with E-state index in [0.717, 1.165) is 16.7 Å². The molecule has 2 aromatic heterocycles. The van der Waals surface area contributed by atoms with E-state index in [9.17, 15) is 18.4 Å². The van der Waals surface area contributed by atoms with Crippen LogP contribution >= 0.6 is 11.3 Å². The summed E-state index contributed by atoms with van der Waals surface area (Å²) in [5.74, 6) is -0.730. The van der Waals surface area contributed by atoms with Crippen molar-refractivity contribution in [1.29, 1.82) is 0 Å². The lowest BCUT2D eigenvalue weighted by Gasteiger charge is -2.12. The number of aryl methyl sites for hydroxylation is 1. The molecule has 0 aliphatic heterocycles. The number of anilines is 1. The van der Waals surface area contributed by atoms with Gasteiger partial charge in [0.25, 0.3) is 5.56 Å². The number of alkyl halides is 2. The fourth-order valence-electron chi connectivity index (χ4n) is 3.14. The number of carbonyl (C=O) groups is 1. The first-order valence-electron chi connectivity index (χ1n) is 9.30. The van der Waals surface area contributed by atoms with E-state index in [1.807, 2.05) is 36.6 Å². The number of halogens is 2. The maximum atomic E-state index is 13.1. The lowest BCUT2D eigenvalue weighted by molar-refractivity contribution is -0.116. The molecule has 1 amide bonds. The fraction of sp³-hybridized carbons (Fsp3) is 0.136. The Kier molecular flexibility index (Phi) is 5.77. The van der Waals surface area contributed by atoms with Gasteiger partial charge in [-0.15, -0.1) is 11.3 Å². The summed E-state index contributed by atoms with van der Waals surface area (Å²) in [6.45, 7) is -1.37. The number of amides is 1. The average molecular weight is 441 g/mol. The lowest BCUT2D eigenvalue weighted by Crippen LogP contribution is -2.28. The second-order valence-electron chi connectivity index (χ2n) is 6.80. The topological polar surface area (TPSA) is 73.2 Å². The van der Waals surface area contributed by atoms with Crippen LogP contribution in [0.2, 0.25) is 0 Å². The average Bonchev–Trinajstić information content (AvgIpc) is 3.17. The standard InChI is InChI=1S/C22H17F2N3O3S/c1-13-6-8-14(9-7-13)15-11-31-20-19(15)21(29)27(12-25-20)10-18(28)26-16-4-2-3-5-17(16)30-22(23)24/h2-9,11-12,22H,10H2,1H3,(H,26,28). The Morgan fingerprint density at radius 3 is 2.68 bits per heavy atom. The number of fused-ring (bicyclic) bond motifs is 1. The summed E-state index contributed by atoms with van der Waals surface area (Å²) >= 11 is 1.35. The number of thiophene rings is 1. The number of aromatic nitrogens is 2. The van der Waals surface area contributed by atoms with Gasteiger partial charge in [-0.05, 0) is 24.6 Å². The van der Waals surface area contributed by atoms with Crippen molar-refractivity contribution in [3.8, 4) is 16.9 Å². The van der Waals surface area contributed by atoms with Crippen molar-refractivity contribution in [2.75, 3.05) is 5.32 Å². The largest absolute Gasteiger partial charge is 0.433 e. The molecule has 4 rings (SSSR count). The molecule has 0 saturated carbocycles. The van der Waals surface area contributed by atoms with Crippen molar-refractivity contribution in [3.05, 3.63) is 76.2 Å². The summed E-state index contributed by atoms with van der Waals surface area (Å²) in [6, 6.07) is 13.6. The molecule has 9 heteroatoms. The Balaban J connectivity index is 1.62. The molecule has 0 aliphatic rings. The van der Waals surface area contributed by atoms with Crippen molar-refractivity contribution >= 4 is 33.1 Å². The predicted molar refractivity (Wildman–Crippen MR) is 116 cm³/mol. The molecule has 31 heavy (non-hydrogen) atoms. The van der Waals surface area contributed by atoms with E-state index in [1.165, 1.54) is 40.4 Å². The van der Waals surface area contributed by atoms with Crippen LogP contribution in [0.5, 0.6) is 5.75 Å². The van der Waals surface area contributed by atoms with Gasteiger partial charge in [0.15, 0.2) is 0 Å². The number of hydrogen-bond acceptors (Lipinski definition) is 5. The van der Waals surface area contributed by atoms with Crippen LogP contribution in [0.25, 0.3) is 21.3 Å². The van der Waals surface area contributed by atoms with Crippen molar-refractivity contribution in [1.82, 2.24) is 9.55 Å². The molecule has 0 radical (unpaired) electrons. The number of rotatable bonds is 6. The first kappa shape index (κ1) is 20.7. The Morgan fingerprint density at radius 1 is 1.19 bits per heavy atom. The third-order valence-electron chi connectivity index (χ3n) is 4.61. The van der Waals surface area contributed by atoms with E-state index >= 15 is 0 Å². The summed E-state index contributed by atoms with van der Waals surface area (Å²) in [7, 11) is 0. The van der Waals surface area contributed by atoms with Gasteiger partial charge in [0, 0.05) is 10.9 Å². The molecule has 0 spiro atoms. The quantitative estimate of drug-likeness (QED) is 0.472. The summed E-state index contributed by atoms with van der Waals surface area (Å²) in [5.41, 5.74) is 2.48. The molecule has 2 heterocycles. The Labute approximate surface area is 179 Å². The van der Waals surface area contributed by atoms with Crippen molar-refractivity contribution < 1.29 is 18.3 Å². The van der Waals surface area contributed by atoms with Crippen LogP contribution in [-0.2, 0) is 11.3 Å². The zero-order valence-corrected chi connectivity index (χ0v) is 17.2. The fourth-order valence-corrected chi connectivity index (χ4v) is 4.05. The van der Waals surface area contributed by atoms with Crippen LogP contribution in [0.3, 0.4) is 0 Å².